The van der Waals surface area contributed by atoms with Crippen LogP contribution < -0.4 is 0 Å². The summed E-state index contributed by atoms with van der Waals surface area (Å²) in [6.45, 7) is 0. The van der Waals surface area contributed by atoms with Gasteiger partial charge in [0.25, 0.3) is 6.43 Å². The first kappa shape index (κ1) is 11.8. The molecule has 0 aliphatic rings. The fourth-order valence-corrected chi connectivity index (χ4v) is 1.26. The largest absolute Gasteiger partial charge is 0.266 e. The molecule has 15 heavy (non-hydrogen) atoms. The maximum Gasteiger partial charge on any atom is 0.266 e. The molecule has 80 valence electrons. The minimum atomic E-state index is -2.94. The molecule has 0 bridgehead atoms. The van der Waals surface area contributed by atoms with Gasteiger partial charge in [-0.05, 0) is 6.07 Å². The zero-order valence-electron chi connectivity index (χ0n) is 7.48. The number of halogens is 4. The smallest absolute Gasteiger partial charge is 0.252 e. The highest BCUT2D eigenvalue weighted by Crippen LogP contribution is 2.25. The van der Waals surface area contributed by atoms with Crippen LogP contribution in [-0.2, 0) is 12.3 Å². The number of alkyl halides is 3. The lowest BCUT2D eigenvalue weighted by molar-refractivity contribution is 0.145. The third-order valence-electron chi connectivity index (χ3n) is 1.73. The van der Waals surface area contributed by atoms with Crippen molar-refractivity contribution in [3.05, 3.63) is 28.8 Å². The van der Waals surface area contributed by atoms with E-state index in [0.717, 1.165) is 6.07 Å². The standard InChI is InChI=1S/C9H6ClF3N2/c10-4-7-8(11)6(9(12)13)3-5(15-7)1-2-14/h3,9H,1,4H2. The molecule has 1 aromatic heterocycles. The molecular formula is C9H6ClF3N2. The highest BCUT2D eigenvalue weighted by atomic mass is 35.5. The van der Waals surface area contributed by atoms with E-state index in [1.165, 1.54) is 0 Å². The van der Waals surface area contributed by atoms with Crippen LogP contribution in [0.5, 0.6) is 0 Å². The summed E-state index contributed by atoms with van der Waals surface area (Å²) in [5, 5.41) is 8.38. The minimum Gasteiger partial charge on any atom is -0.252 e. The molecule has 1 heterocycles. The van der Waals surface area contributed by atoms with Gasteiger partial charge in [-0.1, -0.05) is 0 Å². The van der Waals surface area contributed by atoms with Crippen molar-refractivity contribution >= 4 is 11.6 Å². The van der Waals surface area contributed by atoms with Gasteiger partial charge in [-0.15, -0.1) is 11.6 Å². The van der Waals surface area contributed by atoms with Crippen molar-refractivity contribution in [2.24, 2.45) is 0 Å². The highest BCUT2D eigenvalue weighted by molar-refractivity contribution is 6.16. The molecule has 0 aromatic carbocycles. The molecule has 0 saturated carbocycles. The van der Waals surface area contributed by atoms with E-state index < -0.39 is 17.8 Å². The number of aromatic nitrogens is 1. The second-order valence-corrected chi connectivity index (χ2v) is 3.00. The van der Waals surface area contributed by atoms with Gasteiger partial charge < -0.3 is 0 Å². The van der Waals surface area contributed by atoms with Gasteiger partial charge in [0.2, 0.25) is 0 Å². The average molecular weight is 235 g/mol. The fourth-order valence-electron chi connectivity index (χ4n) is 1.08. The topological polar surface area (TPSA) is 36.7 Å². The lowest BCUT2D eigenvalue weighted by Gasteiger charge is -2.07. The number of rotatable bonds is 3. The zero-order valence-corrected chi connectivity index (χ0v) is 8.23. The van der Waals surface area contributed by atoms with Gasteiger partial charge >= 0.3 is 0 Å². The van der Waals surface area contributed by atoms with Gasteiger partial charge in [0, 0.05) is 0 Å². The van der Waals surface area contributed by atoms with Gasteiger partial charge in [-0.3, -0.25) is 4.98 Å². The van der Waals surface area contributed by atoms with Crippen LogP contribution in [0.15, 0.2) is 6.07 Å². The summed E-state index contributed by atoms with van der Waals surface area (Å²) in [4.78, 5) is 3.66. The Kier molecular flexibility index (Phi) is 3.92. The van der Waals surface area contributed by atoms with Crippen LogP contribution >= 0.6 is 11.6 Å². The summed E-state index contributed by atoms with van der Waals surface area (Å²) in [6.07, 6.45) is -3.09. The highest BCUT2D eigenvalue weighted by Gasteiger charge is 2.18. The van der Waals surface area contributed by atoms with E-state index in [-0.39, 0.29) is 23.7 Å². The predicted octanol–water partition coefficient (Wildman–Crippen LogP) is 2.96. The predicted molar refractivity (Wildman–Crippen MR) is 48.0 cm³/mol. The van der Waals surface area contributed by atoms with Crippen molar-refractivity contribution in [1.29, 1.82) is 5.26 Å². The van der Waals surface area contributed by atoms with Gasteiger partial charge in [0.15, 0.2) is 5.82 Å². The Morgan fingerprint density at radius 2 is 2.20 bits per heavy atom. The monoisotopic (exact) mass is 234 g/mol. The normalized spacial score (nSPS) is 10.4. The van der Waals surface area contributed by atoms with E-state index in [0.29, 0.717) is 0 Å². The van der Waals surface area contributed by atoms with E-state index >= 15 is 0 Å². The summed E-state index contributed by atoms with van der Waals surface area (Å²) in [5.41, 5.74) is -0.907. The number of pyridine rings is 1. The second kappa shape index (κ2) is 4.99. The molecule has 0 N–H and O–H groups in total. The number of hydrogen-bond acceptors (Lipinski definition) is 2. The lowest BCUT2D eigenvalue weighted by atomic mass is 10.1. The van der Waals surface area contributed by atoms with Crippen molar-refractivity contribution in [3.8, 4) is 6.07 Å². The second-order valence-electron chi connectivity index (χ2n) is 2.73. The van der Waals surface area contributed by atoms with E-state index in [4.69, 9.17) is 16.9 Å². The number of nitrogens with zero attached hydrogens (tertiary/aromatic N) is 2. The Hall–Kier alpha value is -1.28. The van der Waals surface area contributed by atoms with Crippen LogP contribution in [0.25, 0.3) is 0 Å². The quantitative estimate of drug-likeness (QED) is 0.754. The third-order valence-corrected chi connectivity index (χ3v) is 1.98. The fraction of sp³-hybridized carbons (Fsp3) is 0.333. The van der Waals surface area contributed by atoms with Crippen LogP contribution in [0.3, 0.4) is 0 Å². The molecule has 1 aromatic rings. The first-order valence-corrected chi connectivity index (χ1v) is 4.52. The summed E-state index contributed by atoms with van der Waals surface area (Å²) < 4.78 is 38.0. The average Bonchev–Trinajstić information content (AvgIpc) is 2.20. The third kappa shape index (κ3) is 2.60. The number of nitriles is 1. The van der Waals surface area contributed by atoms with Crippen LogP contribution in [-0.4, -0.2) is 4.98 Å². The van der Waals surface area contributed by atoms with Crippen LogP contribution in [0, 0.1) is 17.1 Å². The summed E-state index contributed by atoms with van der Waals surface area (Å²) >= 11 is 5.35. The summed E-state index contributed by atoms with van der Waals surface area (Å²) in [5.74, 6) is -1.40. The van der Waals surface area contributed by atoms with Gasteiger partial charge in [0.05, 0.1) is 35.3 Å². The van der Waals surface area contributed by atoms with E-state index in [1.807, 2.05) is 0 Å². The molecule has 0 saturated heterocycles. The van der Waals surface area contributed by atoms with Crippen LogP contribution in [0.1, 0.15) is 23.4 Å². The zero-order chi connectivity index (χ0) is 11.4. The van der Waals surface area contributed by atoms with Crippen LogP contribution in [0.4, 0.5) is 13.2 Å². The molecule has 0 unspecified atom stereocenters. The Labute approximate surface area is 89.3 Å². The van der Waals surface area contributed by atoms with Gasteiger partial charge in [-0.2, -0.15) is 5.26 Å². The van der Waals surface area contributed by atoms with E-state index in [1.54, 1.807) is 6.07 Å². The molecule has 0 radical (unpaired) electrons. The van der Waals surface area contributed by atoms with Crippen molar-refractivity contribution in [2.75, 3.05) is 0 Å². The van der Waals surface area contributed by atoms with E-state index in [9.17, 15) is 13.2 Å². The maximum atomic E-state index is 13.2. The minimum absolute atomic E-state index is 0.102. The van der Waals surface area contributed by atoms with E-state index in [2.05, 4.69) is 4.98 Å². The molecular weight excluding hydrogens is 229 g/mol. The summed E-state index contributed by atoms with van der Waals surface area (Å²) in [7, 11) is 0. The van der Waals surface area contributed by atoms with Crippen molar-refractivity contribution in [3.63, 3.8) is 0 Å². The SMILES string of the molecule is N#CCc1cc(C(F)F)c(F)c(CCl)n1. The Balaban J connectivity index is 3.26. The first-order chi connectivity index (χ1) is 7.10. The van der Waals surface area contributed by atoms with Crippen molar-refractivity contribution in [2.45, 2.75) is 18.7 Å². The molecule has 2 nitrogen and oxygen atoms in total. The first-order valence-electron chi connectivity index (χ1n) is 3.99. The number of hydrogen-bond donors (Lipinski definition) is 0. The molecule has 6 heteroatoms. The maximum absolute atomic E-state index is 13.2. The van der Waals surface area contributed by atoms with Crippen molar-refractivity contribution < 1.29 is 13.2 Å². The molecule has 0 aliphatic heterocycles. The van der Waals surface area contributed by atoms with Gasteiger partial charge in [-0.25, -0.2) is 13.2 Å². The Morgan fingerprint density at radius 3 is 2.67 bits per heavy atom. The lowest BCUT2D eigenvalue weighted by Crippen LogP contribution is -2.03. The molecule has 0 amide bonds. The molecule has 0 aliphatic carbocycles. The van der Waals surface area contributed by atoms with Crippen molar-refractivity contribution in [1.82, 2.24) is 4.98 Å². The molecule has 0 fully saturated rings. The Bertz CT molecular complexity index is 401. The van der Waals surface area contributed by atoms with Gasteiger partial charge in [0.1, 0.15) is 0 Å². The molecule has 0 atom stereocenters. The Morgan fingerprint density at radius 1 is 1.53 bits per heavy atom. The van der Waals surface area contributed by atoms with Crippen LogP contribution in [0.2, 0.25) is 0 Å². The molecule has 1 rings (SSSR count). The molecule has 0 spiro atoms. The summed E-state index contributed by atoms with van der Waals surface area (Å²) in [6, 6.07) is 2.64.